The summed E-state index contributed by atoms with van der Waals surface area (Å²) in [5.41, 5.74) is 0. The Hall–Kier alpha value is -1.79. The molecule has 0 aromatic heterocycles. The molecule has 122 valence electrons. The van der Waals surface area contributed by atoms with Gasteiger partial charge >= 0.3 is 18.0 Å². The third-order valence-corrected chi connectivity index (χ3v) is 3.25. The number of nitrogens with one attached hydrogen (secondary N) is 1. The summed E-state index contributed by atoms with van der Waals surface area (Å²) in [6, 6.07) is -1.81. The van der Waals surface area contributed by atoms with Crippen molar-refractivity contribution < 1.29 is 24.2 Å². The van der Waals surface area contributed by atoms with Crippen LogP contribution in [-0.2, 0) is 14.3 Å². The molecule has 2 amide bonds. The second-order valence-electron chi connectivity index (χ2n) is 5.18. The number of hydrogen-bond acceptors (Lipinski definition) is 4. The Morgan fingerprint density at radius 3 is 2.14 bits per heavy atom. The van der Waals surface area contributed by atoms with Gasteiger partial charge in [0, 0.05) is 6.04 Å². The first kappa shape index (κ1) is 19.2. The predicted octanol–water partition coefficient (Wildman–Crippen LogP) is 1.47. The molecule has 7 nitrogen and oxygen atoms in total. The Labute approximate surface area is 125 Å². The second kappa shape index (κ2) is 9.20. The minimum Gasteiger partial charge on any atom is -0.480 e. The Morgan fingerprint density at radius 1 is 1.19 bits per heavy atom. The molecule has 2 N–H and O–H groups in total. The van der Waals surface area contributed by atoms with Gasteiger partial charge in [-0.1, -0.05) is 20.3 Å². The number of esters is 1. The van der Waals surface area contributed by atoms with Crippen LogP contribution in [0.1, 0.15) is 41.0 Å². The number of rotatable bonds is 8. The second-order valence-corrected chi connectivity index (χ2v) is 5.18. The van der Waals surface area contributed by atoms with Crippen LogP contribution in [0.15, 0.2) is 0 Å². The van der Waals surface area contributed by atoms with E-state index in [1.54, 1.807) is 27.7 Å². The van der Waals surface area contributed by atoms with E-state index in [1.807, 2.05) is 6.92 Å². The highest BCUT2D eigenvalue weighted by Gasteiger charge is 2.29. The number of nitrogens with zero attached hydrogens (tertiary/aromatic N) is 1. The molecule has 0 radical (unpaired) electrons. The number of hydrogen-bond donors (Lipinski definition) is 2. The zero-order chi connectivity index (χ0) is 16.6. The van der Waals surface area contributed by atoms with Crippen LogP contribution in [0.4, 0.5) is 4.79 Å². The van der Waals surface area contributed by atoms with Gasteiger partial charge in [-0.25, -0.2) is 9.59 Å². The van der Waals surface area contributed by atoms with Crippen molar-refractivity contribution in [3.05, 3.63) is 0 Å². The van der Waals surface area contributed by atoms with E-state index >= 15 is 0 Å². The smallest absolute Gasteiger partial charge is 0.326 e. The molecule has 7 heteroatoms. The summed E-state index contributed by atoms with van der Waals surface area (Å²) < 4.78 is 4.82. The van der Waals surface area contributed by atoms with Crippen molar-refractivity contribution in [2.45, 2.75) is 53.1 Å². The maximum atomic E-state index is 12.2. The normalized spacial score (nSPS) is 13.4. The van der Waals surface area contributed by atoms with Crippen molar-refractivity contribution in [2.24, 2.45) is 5.92 Å². The average Bonchev–Trinajstić information content (AvgIpc) is 2.40. The molecule has 0 aliphatic carbocycles. The number of carbonyl (C=O) groups is 3. The highest BCUT2D eigenvalue weighted by Crippen LogP contribution is 2.09. The lowest BCUT2D eigenvalue weighted by atomic mass is 9.99. The fraction of sp³-hybridized carbons (Fsp3) is 0.786. The highest BCUT2D eigenvalue weighted by atomic mass is 16.5. The number of carboxylic acids is 1. The number of carboxylic acid groups (broad SMARTS) is 1. The van der Waals surface area contributed by atoms with Gasteiger partial charge in [-0.15, -0.1) is 0 Å². The maximum Gasteiger partial charge on any atom is 0.326 e. The van der Waals surface area contributed by atoms with E-state index < -0.39 is 24.0 Å². The molecule has 2 unspecified atom stereocenters. The number of urea groups is 1. The van der Waals surface area contributed by atoms with Gasteiger partial charge in [-0.05, 0) is 26.7 Å². The minimum atomic E-state index is -1.09. The van der Waals surface area contributed by atoms with Crippen LogP contribution in [0, 0.1) is 5.92 Å². The predicted molar refractivity (Wildman–Crippen MR) is 77.9 cm³/mol. The summed E-state index contributed by atoms with van der Waals surface area (Å²) in [5, 5.41) is 11.7. The first-order valence-electron chi connectivity index (χ1n) is 7.20. The Morgan fingerprint density at radius 2 is 1.76 bits per heavy atom. The quantitative estimate of drug-likeness (QED) is 0.662. The Bertz CT molecular complexity index is 370. The molecular formula is C14H26N2O5. The topological polar surface area (TPSA) is 95.9 Å². The zero-order valence-electron chi connectivity index (χ0n) is 13.4. The fourth-order valence-electron chi connectivity index (χ4n) is 1.73. The molecule has 0 aliphatic heterocycles. The van der Waals surface area contributed by atoms with Crippen molar-refractivity contribution in [3.63, 3.8) is 0 Å². The molecule has 0 saturated carbocycles. The first-order valence-corrected chi connectivity index (χ1v) is 7.20. The molecule has 0 aromatic rings. The summed E-state index contributed by atoms with van der Waals surface area (Å²) in [6.45, 7) is 8.81. The molecule has 0 rings (SSSR count). The van der Waals surface area contributed by atoms with Crippen molar-refractivity contribution in [1.29, 1.82) is 0 Å². The van der Waals surface area contributed by atoms with Crippen LogP contribution in [0.2, 0.25) is 0 Å². The van der Waals surface area contributed by atoms with Crippen molar-refractivity contribution in [2.75, 3.05) is 13.2 Å². The van der Waals surface area contributed by atoms with E-state index in [0.717, 1.165) is 0 Å². The monoisotopic (exact) mass is 302 g/mol. The summed E-state index contributed by atoms with van der Waals surface area (Å²) in [7, 11) is 0. The van der Waals surface area contributed by atoms with E-state index in [0.29, 0.717) is 6.42 Å². The van der Waals surface area contributed by atoms with Crippen LogP contribution in [-0.4, -0.2) is 53.2 Å². The summed E-state index contributed by atoms with van der Waals surface area (Å²) >= 11 is 0. The van der Waals surface area contributed by atoms with Gasteiger partial charge in [-0.3, -0.25) is 4.79 Å². The molecule has 0 aromatic carbocycles. The van der Waals surface area contributed by atoms with E-state index in [4.69, 9.17) is 4.74 Å². The SMILES string of the molecule is CCOC(=O)CN(C(=O)NC(C(=O)O)C(C)CC)C(C)C. The van der Waals surface area contributed by atoms with Crippen LogP contribution in [0.25, 0.3) is 0 Å². The summed E-state index contributed by atoms with van der Waals surface area (Å²) in [5.74, 6) is -1.81. The van der Waals surface area contributed by atoms with Gasteiger partial charge in [0.15, 0.2) is 0 Å². The van der Waals surface area contributed by atoms with Crippen LogP contribution >= 0.6 is 0 Å². The minimum absolute atomic E-state index is 0.204. The van der Waals surface area contributed by atoms with E-state index in [1.165, 1.54) is 4.90 Å². The lowest BCUT2D eigenvalue weighted by molar-refractivity contribution is -0.144. The third kappa shape index (κ3) is 6.46. The van der Waals surface area contributed by atoms with Gasteiger partial charge in [0.25, 0.3) is 0 Å². The number of aliphatic carboxylic acids is 1. The van der Waals surface area contributed by atoms with Crippen LogP contribution in [0.5, 0.6) is 0 Å². The molecule has 21 heavy (non-hydrogen) atoms. The number of carbonyl (C=O) groups excluding carboxylic acids is 2. The van der Waals surface area contributed by atoms with E-state index in [2.05, 4.69) is 5.32 Å². The molecule has 0 fully saturated rings. The lowest BCUT2D eigenvalue weighted by Gasteiger charge is -2.29. The largest absolute Gasteiger partial charge is 0.480 e. The molecule has 0 heterocycles. The Kier molecular flexibility index (Phi) is 8.42. The summed E-state index contributed by atoms with van der Waals surface area (Å²) in [6.07, 6.45) is 0.622. The van der Waals surface area contributed by atoms with Gasteiger partial charge in [0.05, 0.1) is 6.61 Å². The maximum absolute atomic E-state index is 12.2. The standard InChI is InChI=1S/C14H26N2O5/c1-6-10(5)12(13(18)19)15-14(20)16(9(3)4)8-11(17)21-7-2/h9-10,12H,6-8H2,1-5H3,(H,15,20)(H,18,19). The van der Waals surface area contributed by atoms with Crippen molar-refractivity contribution in [1.82, 2.24) is 10.2 Å². The van der Waals surface area contributed by atoms with Crippen LogP contribution in [0.3, 0.4) is 0 Å². The van der Waals surface area contributed by atoms with Gasteiger partial charge in [0.1, 0.15) is 12.6 Å². The molecule has 0 saturated heterocycles. The molecule has 0 spiro atoms. The zero-order valence-corrected chi connectivity index (χ0v) is 13.4. The van der Waals surface area contributed by atoms with Crippen LogP contribution < -0.4 is 5.32 Å². The highest BCUT2D eigenvalue weighted by molar-refractivity contribution is 5.85. The third-order valence-electron chi connectivity index (χ3n) is 3.25. The van der Waals surface area contributed by atoms with Gasteiger partial charge in [0.2, 0.25) is 0 Å². The van der Waals surface area contributed by atoms with E-state index in [-0.39, 0.29) is 25.1 Å². The molecule has 2 atom stereocenters. The number of ether oxygens (including phenoxy) is 1. The van der Waals surface area contributed by atoms with Crippen molar-refractivity contribution >= 4 is 18.0 Å². The Balaban J connectivity index is 4.88. The van der Waals surface area contributed by atoms with Gasteiger partial charge in [-0.2, -0.15) is 0 Å². The first-order chi connectivity index (χ1) is 9.74. The molecule has 0 bridgehead atoms. The van der Waals surface area contributed by atoms with Gasteiger partial charge < -0.3 is 20.1 Å². The lowest BCUT2D eigenvalue weighted by Crippen LogP contribution is -2.53. The number of amides is 2. The average molecular weight is 302 g/mol. The molecule has 0 aliphatic rings. The van der Waals surface area contributed by atoms with E-state index in [9.17, 15) is 19.5 Å². The van der Waals surface area contributed by atoms with Crippen molar-refractivity contribution in [3.8, 4) is 0 Å². The fourth-order valence-corrected chi connectivity index (χ4v) is 1.73. The summed E-state index contributed by atoms with van der Waals surface area (Å²) in [4.78, 5) is 36.2. The molecular weight excluding hydrogens is 276 g/mol.